The molecule has 0 amide bonds. The van der Waals surface area contributed by atoms with Gasteiger partial charge in [-0.15, -0.1) is 0 Å². The Balaban J connectivity index is 1.81. The molecule has 2 atom stereocenters. The SMILES string of the molecule is CC(C)[C@H]1OCCC[C@H]1CNC1=NCCCCN1. The molecule has 4 heteroatoms. The van der Waals surface area contributed by atoms with E-state index in [-0.39, 0.29) is 0 Å². The first kappa shape index (κ1) is 13.7. The number of ether oxygens (including phenoxy) is 1. The van der Waals surface area contributed by atoms with Crippen molar-refractivity contribution in [1.29, 1.82) is 0 Å². The van der Waals surface area contributed by atoms with E-state index in [4.69, 9.17) is 4.74 Å². The molecule has 4 nitrogen and oxygen atoms in total. The van der Waals surface area contributed by atoms with Crippen LogP contribution in [0.1, 0.15) is 39.5 Å². The second-order valence-corrected chi connectivity index (χ2v) is 5.73. The van der Waals surface area contributed by atoms with Gasteiger partial charge in [0.2, 0.25) is 0 Å². The molecular formula is C14H27N3O. The molecule has 0 aromatic heterocycles. The Bertz CT molecular complexity index is 278. The summed E-state index contributed by atoms with van der Waals surface area (Å²) in [7, 11) is 0. The average molecular weight is 253 g/mol. The van der Waals surface area contributed by atoms with Crippen molar-refractivity contribution in [1.82, 2.24) is 10.6 Å². The fraction of sp³-hybridized carbons (Fsp3) is 0.929. The Labute approximate surface area is 111 Å². The Morgan fingerprint density at radius 2 is 2.28 bits per heavy atom. The molecule has 2 rings (SSSR count). The van der Waals surface area contributed by atoms with Gasteiger partial charge in [0.25, 0.3) is 0 Å². The van der Waals surface area contributed by atoms with Crippen LogP contribution >= 0.6 is 0 Å². The molecule has 2 N–H and O–H groups in total. The van der Waals surface area contributed by atoms with Crippen molar-refractivity contribution in [3.63, 3.8) is 0 Å². The maximum atomic E-state index is 5.92. The highest BCUT2D eigenvalue weighted by Crippen LogP contribution is 2.25. The topological polar surface area (TPSA) is 45.6 Å². The summed E-state index contributed by atoms with van der Waals surface area (Å²) in [6, 6.07) is 0. The molecule has 0 spiro atoms. The molecule has 0 bridgehead atoms. The summed E-state index contributed by atoms with van der Waals surface area (Å²) in [5.41, 5.74) is 0. The smallest absolute Gasteiger partial charge is 0.191 e. The first-order valence-corrected chi connectivity index (χ1v) is 7.41. The summed E-state index contributed by atoms with van der Waals surface area (Å²) in [5, 5.41) is 6.84. The zero-order valence-corrected chi connectivity index (χ0v) is 11.7. The number of nitrogens with one attached hydrogen (secondary N) is 2. The normalized spacial score (nSPS) is 29.4. The third-order valence-corrected chi connectivity index (χ3v) is 3.83. The van der Waals surface area contributed by atoms with Gasteiger partial charge in [-0.25, -0.2) is 0 Å². The highest BCUT2D eigenvalue weighted by Gasteiger charge is 2.28. The summed E-state index contributed by atoms with van der Waals surface area (Å²) in [4.78, 5) is 4.53. The molecule has 104 valence electrons. The van der Waals surface area contributed by atoms with E-state index in [1.54, 1.807) is 0 Å². The maximum absolute atomic E-state index is 5.92. The Morgan fingerprint density at radius 1 is 1.39 bits per heavy atom. The van der Waals surface area contributed by atoms with Crippen LogP contribution in [-0.2, 0) is 4.74 Å². The first-order chi connectivity index (χ1) is 8.77. The van der Waals surface area contributed by atoms with Gasteiger partial charge in [0, 0.05) is 32.2 Å². The largest absolute Gasteiger partial charge is 0.378 e. The van der Waals surface area contributed by atoms with Crippen LogP contribution in [0.4, 0.5) is 0 Å². The fourth-order valence-corrected chi connectivity index (χ4v) is 2.86. The first-order valence-electron chi connectivity index (χ1n) is 7.41. The van der Waals surface area contributed by atoms with E-state index in [9.17, 15) is 0 Å². The summed E-state index contributed by atoms with van der Waals surface area (Å²) in [6.07, 6.45) is 5.27. The molecule has 2 aliphatic rings. The lowest BCUT2D eigenvalue weighted by atomic mass is 9.87. The lowest BCUT2D eigenvalue weighted by molar-refractivity contribution is -0.0505. The monoisotopic (exact) mass is 253 g/mol. The van der Waals surface area contributed by atoms with Crippen LogP contribution in [0.2, 0.25) is 0 Å². The van der Waals surface area contributed by atoms with E-state index in [1.807, 2.05) is 0 Å². The minimum Gasteiger partial charge on any atom is -0.378 e. The highest BCUT2D eigenvalue weighted by atomic mass is 16.5. The predicted octanol–water partition coefficient (Wildman–Crippen LogP) is 1.77. The molecule has 0 unspecified atom stereocenters. The van der Waals surface area contributed by atoms with E-state index in [0.29, 0.717) is 17.9 Å². The third kappa shape index (κ3) is 3.87. The number of rotatable bonds is 3. The van der Waals surface area contributed by atoms with Crippen molar-refractivity contribution >= 4 is 5.96 Å². The van der Waals surface area contributed by atoms with Crippen LogP contribution in [0.3, 0.4) is 0 Å². The van der Waals surface area contributed by atoms with Gasteiger partial charge in [-0.3, -0.25) is 4.99 Å². The fourth-order valence-electron chi connectivity index (χ4n) is 2.86. The van der Waals surface area contributed by atoms with Gasteiger partial charge in [-0.2, -0.15) is 0 Å². The molecular weight excluding hydrogens is 226 g/mol. The van der Waals surface area contributed by atoms with Crippen LogP contribution < -0.4 is 10.6 Å². The van der Waals surface area contributed by atoms with Crippen molar-refractivity contribution in [3.05, 3.63) is 0 Å². The minimum atomic E-state index is 0.401. The molecule has 18 heavy (non-hydrogen) atoms. The Morgan fingerprint density at radius 3 is 3.11 bits per heavy atom. The molecule has 1 fully saturated rings. The number of aliphatic imine (C=N–C) groups is 1. The van der Waals surface area contributed by atoms with Crippen molar-refractivity contribution in [2.24, 2.45) is 16.8 Å². The van der Waals surface area contributed by atoms with Crippen LogP contribution in [0.25, 0.3) is 0 Å². The van der Waals surface area contributed by atoms with E-state index in [0.717, 1.165) is 32.2 Å². The predicted molar refractivity (Wildman–Crippen MR) is 74.8 cm³/mol. The molecule has 0 aromatic rings. The Kier molecular flexibility index (Phi) is 5.29. The van der Waals surface area contributed by atoms with Crippen LogP contribution in [-0.4, -0.2) is 38.3 Å². The molecule has 0 aliphatic carbocycles. The van der Waals surface area contributed by atoms with Gasteiger partial charge in [0.1, 0.15) is 0 Å². The summed E-state index contributed by atoms with van der Waals surface area (Å²) < 4.78 is 5.92. The molecule has 1 saturated heterocycles. The van der Waals surface area contributed by atoms with E-state index < -0.39 is 0 Å². The lowest BCUT2D eigenvalue weighted by Gasteiger charge is -2.34. The lowest BCUT2D eigenvalue weighted by Crippen LogP contribution is -2.45. The zero-order chi connectivity index (χ0) is 12.8. The zero-order valence-electron chi connectivity index (χ0n) is 11.7. The average Bonchev–Trinajstić information content (AvgIpc) is 2.65. The van der Waals surface area contributed by atoms with Crippen LogP contribution in [0, 0.1) is 11.8 Å². The highest BCUT2D eigenvalue weighted by molar-refractivity contribution is 5.79. The minimum absolute atomic E-state index is 0.401. The molecule has 2 heterocycles. The third-order valence-electron chi connectivity index (χ3n) is 3.83. The van der Waals surface area contributed by atoms with E-state index in [1.165, 1.54) is 25.7 Å². The second-order valence-electron chi connectivity index (χ2n) is 5.73. The quantitative estimate of drug-likeness (QED) is 0.806. The molecule has 2 aliphatic heterocycles. The number of nitrogens with zero attached hydrogens (tertiary/aromatic N) is 1. The molecule has 0 aromatic carbocycles. The van der Waals surface area contributed by atoms with Crippen molar-refractivity contribution < 1.29 is 4.74 Å². The van der Waals surface area contributed by atoms with E-state index >= 15 is 0 Å². The summed E-state index contributed by atoms with van der Waals surface area (Å²) >= 11 is 0. The number of hydrogen-bond donors (Lipinski definition) is 2. The van der Waals surface area contributed by atoms with Crippen LogP contribution in [0.5, 0.6) is 0 Å². The maximum Gasteiger partial charge on any atom is 0.191 e. The standard InChI is InChI=1S/C14H27N3O/c1-11(2)13-12(6-5-9-18-13)10-17-14-15-7-3-4-8-16-14/h11-13H,3-10H2,1-2H3,(H2,15,16,17)/t12-,13+/m0/s1. The van der Waals surface area contributed by atoms with Gasteiger partial charge in [-0.1, -0.05) is 13.8 Å². The summed E-state index contributed by atoms with van der Waals surface area (Å²) in [5.74, 6) is 2.20. The van der Waals surface area contributed by atoms with Crippen molar-refractivity contribution in [3.8, 4) is 0 Å². The van der Waals surface area contributed by atoms with Gasteiger partial charge in [0.15, 0.2) is 5.96 Å². The number of hydrogen-bond acceptors (Lipinski definition) is 4. The molecule has 0 saturated carbocycles. The second kappa shape index (κ2) is 6.98. The van der Waals surface area contributed by atoms with Gasteiger partial charge in [0.05, 0.1) is 6.10 Å². The van der Waals surface area contributed by atoms with Crippen molar-refractivity contribution in [2.75, 3.05) is 26.2 Å². The Hall–Kier alpha value is -0.770. The van der Waals surface area contributed by atoms with Gasteiger partial charge in [-0.05, 0) is 31.6 Å². The van der Waals surface area contributed by atoms with Crippen molar-refractivity contribution in [2.45, 2.75) is 45.6 Å². The van der Waals surface area contributed by atoms with Gasteiger partial charge < -0.3 is 15.4 Å². The molecule has 0 radical (unpaired) electrons. The van der Waals surface area contributed by atoms with Gasteiger partial charge >= 0.3 is 0 Å². The summed E-state index contributed by atoms with van der Waals surface area (Å²) in [6.45, 7) is 8.41. The van der Waals surface area contributed by atoms with Crippen LogP contribution in [0.15, 0.2) is 4.99 Å². The van der Waals surface area contributed by atoms with E-state index in [2.05, 4.69) is 29.5 Å². The number of guanidine groups is 1.